The predicted octanol–water partition coefficient (Wildman–Crippen LogP) is -1.12. The van der Waals surface area contributed by atoms with E-state index < -0.39 is 66.3 Å². The van der Waals surface area contributed by atoms with Crippen LogP contribution in [0.5, 0.6) is 0 Å². The Morgan fingerprint density at radius 2 is 1.87 bits per heavy atom. The number of esters is 1. The van der Waals surface area contributed by atoms with Gasteiger partial charge in [-0.2, -0.15) is 0 Å². The van der Waals surface area contributed by atoms with Crippen molar-refractivity contribution in [1.29, 1.82) is 0 Å². The van der Waals surface area contributed by atoms with Crippen molar-refractivity contribution >= 4 is 11.8 Å². The van der Waals surface area contributed by atoms with Gasteiger partial charge >= 0.3 is 5.97 Å². The van der Waals surface area contributed by atoms with Gasteiger partial charge in [-0.3, -0.25) is 9.59 Å². The van der Waals surface area contributed by atoms with Crippen molar-refractivity contribution in [2.24, 2.45) is 17.8 Å². The number of fused-ring (bicyclic) bond motifs is 1. The zero-order valence-corrected chi connectivity index (χ0v) is 18.1. The molecule has 0 aromatic rings. The molecule has 0 spiro atoms. The van der Waals surface area contributed by atoms with Crippen LogP contribution in [0.2, 0.25) is 0 Å². The molecule has 1 aliphatic carbocycles. The van der Waals surface area contributed by atoms with E-state index in [2.05, 4.69) is 0 Å². The Balaban J connectivity index is 1.81. The quantitative estimate of drug-likeness (QED) is 0.316. The van der Waals surface area contributed by atoms with Crippen molar-refractivity contribution in [2.45, 2.75) is 88.4 Å². The lowest BCUT2D eigenvalue weighted by atomic mass is 9.74. The summed E-state index contributed by atoms with van der Waals surface area (Å²) < 4.78 is 17.0. The molecule has 178 valence electrons. The number of carbonyl (C=O) groups excluding carboxylic acids is 2. The SMILES string of the molecule is CC(=O)C1CC(C(C)(C)OC2OC(CO)C(O)C(O)C2O)CCC2(CO)OC(=O)CC12. The third-order valence-corrected chi connectivity index (χ3v) is 7.36. The minimum absolute atomic E-state index is 0.0749. The van der Waals surface area contributed by atoms with Gasteiger partial charge in [0.25, 0.3) is 0 Å². The van der Waals surface area contributed by atoms with Gasteiger partial charge < -0.3 is 39.7 Å². The van der Waals surface area contributed by atoms with Gasteiger partial charge in [0, 0.05) is 11.8 Å². The summed E-state index contributed by atoms with van der Waals surface area (Å²) in [7, 11) is 0. The van der Waals surface area contributed by atoms with Gasteiger partial charge in [-0.05, 0) is 46.0 Å². The van der Waals surface area contributed by atoms with Crippen LogP contribution in [-0.4, -0.2) is 92.4 Å². The summed E-state index contributed by atoms with van der Waals surface area (Å²) in [6.45, 7) is 4.08. The minimum atomic E-state index is -1.55. The first kappa shape index (κ1) is 24.5. The van der Waals surface area contributed by atoms with Gasteiger partial charge in [0.05, 0.1) is 25.2 Å². The van der Waals surface area contributed by atoms with Crippen LogP contribution >= 0.6 is 0 Å². The first-order valence-corrected chi connectivity index (χ1v) is 10.8. The van der Waals surface area contributed by atoms with Crippen LogP contribution in [0.25, 0.3) is 0 Å². The van der Waals surface area contributed by atoms with Gasteiger partial charge in [0.15, 0.2) is 6.29 Å². The van der Waals surface area contributed by atoms with E-state index in [1.807, 2.05) is 0 Å². The van der Waals surface area contributed by atoms with Crippen molar-refractivity contribution in [1.82, 2.24) is 0 Å². The molecule has 2 saturated heterocycles. The molecule has 3 aliphatic rings. The molecular weight excluding hydrogens is 412 g/mol. The number of aliphatic hydroxyl groups excluding tert-OH is 5. The van der Waals surface area contributed by atoms with E-state index >= 15 is 0 Å². The van der Waals surface area contributed by atoms with Crippen LogP contribution in [0.15, 0.2) is 0 Å². The van der Waals surface area contributed by atoms with Gasteiger partial charge in [-0.15, -0.1) is 0 Å². The zero-order valence-electron chi connectivity index (χ0n) is 18.1. The fourth-order valence-electron chi connectivity index (χ4n) is 5.33. The number of aliphatic hydroxyl groups is 5. The van der Waals surface area contributed by atoms with E-state index in [4.69, 9.17) is 14.2 Å². The lowest BCUT2D eigenvalue weighted by Gasteiger charge is -2.44. The maximum absolute atomic E-state index is 12.5. The summed E-state index contributed by atoms with van der Waals surface area (Å²) in [5, 5.41) is 49.8. The second-order valence-electron chi connectivity index (χ2n) is 9.61. The van der Waals surface area contributed by atoms with Crippen LogP contribution in [0.4, 0.5) is 0 Å². The highest BCUT2D eigenvalue weighted by atomic mass is 16.7. The summed E-state index contributed by atoms with van der Waals surface area (Å²) >= 11 is 0. The number of hydrogen-bond donors (Lipinski definition) is 5. The Morgan fingerprint density at radius 1 is 1.19 bits per heavy atom. The normalized spacial score (nSPS) is 43.8. The number of Topliss-reactive ketones (excluding diaryl/α,β-unsaturated/α-hetero) is 1. The van der Waals surface area contributed by atoms with E-state index in [0.29, 0.717) is 19.3 Å². The molecule has 3 fully saturated rings. The maximum atomic E-state index is 12.5. The van der Waals surface area contributed by atoms with Crippen LogP contribution in [0, 0.1) is 17.8 Å². The smallest absolute Gasteiger partial charge is 0.306 e. The first-order chi connectivity index (χ1) is 14.5. The Morgan fingerprint density at radius 3 is 2.45 bits per heavy atom. The summed E-state index contributed by atoms with van der Waals surface area (Å²) in [5.74, 6) is -1.67. The topological polar surface area (TPSA) is 163 Å². The third-order valence-electron chi connectivity index (χ3n) is 7.36. The molecular formula is C21H34O10. The fraction of sp³-hybridized carbons (Fsp3) is 0.905. The average molecular weight is 446 g/mol. The van der Waals surface area contributed by atoms with Crippen molar-refractivity contribution in [2.75, 3.05) is 13.2 Å². The largest absolute Gasteiger partial charge is 0.456 e. The zero-order chi connectivity index (χ0) is 23.1. The Bertz CT molecular complexity index is 679. The van der Waals surface area contributed by atoms with Crippen molar-refractivity contribution in [3.63, 3.8) is 0 Å². The first-order valence-electron chi connectivity index (χ1n) is 10.8. The molecule has 9 unspecified atom stereocenters. The Kier molecular flexibility index (Phi) is 7.12. The second kappa shape index (κ2) is 9.01. The highest BCUT2D eigenvalue weighted by Gasteiger charge is 2.57. The molecule has 9 atom stereocenters. The van der Waals surface area contributed by atoms with Crippen LogP contribution in [0.3, 0.4) is 0 Å². The van der Waals surface area contributed by atoms with Crippen molar-refractivity contribution in [3.8, 4) is 0 Å². The van der Waals surface area contributed by atoms with Gasteiger partial charge in [0.1, 0.15) is 35.8 Å². The molecule has 5 N–H and O–H groups in total. The summed E-state index contributed by atoms with van der Waals surface area (Å²) in [5.41, 5.74) is -2.04. The molecule has 0 amide bonds. The molecule has 31 heavy (non-hydrogen) atoms. The standard InChI is InChI=1S/C21H34O10/c1-10(24)12-6-11(4-5-21(9-23)13(12)7-15(25)30-21)20(2,3)31-19-18(28)17(27)16(26)14(8-22)29-19/h11-14,16-19,22-23,26-28H,4-9H2,1-3H3. The summed E-state index contributed by atoms with van der Waals surface area (Å²) in [4.78, 5) is 24.5. The monoisotopic (exact) mass is 446 g/mol. The molecule has 2 heterocycles. The fourth-order valence-corrected chi connectivity index (χ4v) is 5.33. The molecule has 10 nitrogen and oxygen atoms in total. The molecule has 0 bridgehead atoms. The number of hydrogen-bond acceptors (Lipinski definition) is 10. The van der Waals surface area contributed by atoms with Gasteiger partial charge in [-0.1, -0.05) is 0 Å². The molecule has 0 radical (unpaired) electrons. The molecule has 0 aromatic carbocycles. The number of ketones is 1. The highest BCUT2D eigenvalue weighted by molar-refractivity contribution is 5.81. The Labute approximate surface area is 181 Å². The van der Waals surface area contributed by atoms with E-state index in [1.165, 1.54) is 6.92 Å². The molecule has 1 saturated carbocycles. The maximum Gasteiger partial charge on any atom is 0.306 e. The van der Waals surface area contributed by atoms with Gasteiger partial charge in [0.2, 0.25) is 0 Å². The molecule has 3 rings (SSSR count). The summed E-state index contributed by atoms with van der Waals surface area (Å²) in [6.07, 6.45) is -5.65. The second-order valence-corrected chi connectivity index (χ2v) is 9.61. The van der Waals surface area contributed by atoms with Crippen molar-refractivity contribution < 1.29 is 49.3 Å². The van der Waals surface area contributed by atoms with E-state index in [-0.39, 0.29) is 24.7 Å². The molecule has 2 aliphatic heterocycles. The number of ether oxygens (including phenoxy) is 3. The van der Waals surface area contributed by atoms with Crippen LogP contribution < -0.4 is 0 Å². The summed E-state index contributed by atoms with van der Waals surface area (Å²) in [6, 6.07) is 0. The third kappa shape index (κ3) is 4.52. The predicted molar refractivity (Wildman–Crippen MR) is 104 cm³/mol. The van der Waals surface area contributed by atoms with Gasteiger partial charge in [-0.25, -0.2) is 0 Å². The number of carbonyl (C=O) groups is 2. The lowest BCUT2D eigenvalue weighted by Crippen LogP contribution is -2.60. The van der Waals surface area contributed by atoms with E-state index in [0.717, 1.165) is 0 Å². The van der Waals surface area contributed by atoms with Crippen molar-refractivity contribution in [3.05, 3.63) is 0 Å². The minimum Gasteiger partial charge on any atom is -0.456 e. The van der Waals surface area contributed by atoms with E-state index in [9.17, 15) is 35.1 Å². The van der Waals surface area contributed by atoms with E-state index in [1.54, 1.807) is 13.8 Å². The highest BCUT2D eigenvalue weighted by Crippen LogP contribution is 2.50. The lowest BCUT2D eigenvalue weighted by molar-refractivity contribution is -0.329. The average Bonchev–Trinajstić information content (AvgIpc) is 2.94. The van der Waals surface area contributed by atoms with Crippen LogP contribution in [-0.2, 0) is 23.8 Å². The Hall–Kier alpha value is -1.14. The number of rotatable bonds is 6. The molecule has 10 heteroatoms. The molecule has 0 aromatic heterocycles. The van der Waals surface area contributed by atoms with Crippen LogP contribution in [0.1, 0.15) is 46.5 Å².